The van der Waals surface area contributed by atoms with Gasteiger partial charge in [-0.15, -0.1) is 0 Å². The summed E-state index contributed by atoms with van der Waals surface area (Å²) < 4.78 is 7.70. The molecule has 6 heteroatoms. The van der Waals surface area contributed by atoms with Crippen molar-refractivity contribution in [2.75, 3.05) is 33.3 Å². The molecule has 0 aliphatic carbocycles. The quantitative estimate of drug-likeness (QED) is 0.859. The van der Waals surface area contributed by atoms with E-state index >= 15 is 0 Å². The van der Waals surface area contributed by atoms with Crippen LogP contribution in [-0.2, 0) is 11.8 Å². The average molecular weight is 356 g/mol. The number of hydrogen-bond donors (Lipinski definition) is 1. The summed E-state index contributed by atoms with van der Waals surface area (Å²) in [6.45, 7) is 6.67. The molecule has 0 radical (unpaired) electrons. The molecule has 1 aromatic carbocycles. The predicted molar refractivity (Wildman–Crippen MR) is 101 cm³/mol. The highest BCUT2D eigenvalue weighted by Crippen LogP contribution is 2.31. The van der Waals surface area contributed by atoms with E-state index in [0.717, 1.165) is 23.6 Å². The topological polar surface area (TPSA) is 59.4 Å². The van der Waals surface area contributed by atoms with Crippen molar-refractivity contribution in [3.05, 3.63) is 47.3 Å². The zero-order valence-corrected chi connectivity index (χ0v) is 16.0. The molecule has 3 rings (SSSR count). The maximum absolute atomic E-state index is 13.0. The van der Waals surface area contributed by atoms with E-state index in [-0.39, 0.29) is 17.7 Å². The lowest BCUT2D eigenvalue weighted by atomic mass is 9.88. The SMILES string of the molecule is Cc1ccccc1OCCN(C)C(=O)[C@H]1CNC[C@@H]1c1cnn(C)c1C. The van der Waals surface area contributed by atoms with Crippen LogP contribution in [0.5, 0.6) is 5.75 Å². The monoisotopic (exact) mass is 356 g/mol. The summed E-state index contributed by atoms with van der Waals surface area (Å²) in [6.07, 6.45) is 1.90. The number of aromatic nitrogens is 2. The first-order valence-electron chi connectivity index (χ1n) is 9.11. The molecule has 1 amide bonds. The van der Waals surface area contributed by atoms with E-state index in [1.165, 1.54) is 5.56 Å². The lowest BCUT2D eigenvalue weighted by molar-refractivity contribution is -0.134. The Morgan fingerprint density at radius 2 is 2.12 bits per heavy atom. The molecule has 2 heterocycles. The fourth-order valence-electron chi connectivity index (χ4n) is 3.55. The summed E-state index contributed by atoms with van der Waals surface area (Å²) in [5.74, 6) is 1.16. The first-order chi connectivity index (χ1) is 12.5. The Hall–Kier alpha value is -2.34. The standard InChI is InChI=1S/C20H28N4O2/c1-14-7-5-6-8-19(14)26-10-9-23(3)20(25)18-12-21-11-17(18)16-13-22-24(4)15(16)2/h5-8,13,17-18,21H,9-12H2,1-4H3/t17-,18+/m1/s1. The summed E-state index contributed by atoms with van der Waals surface area (Å²) >= 11 is 0. The van der Waals surface area contributed by atoms with Gasteiger partial charge in [0.25, 0.3) is 0 Å². The number of ether oxygens (including phenoxy) is 1. The first kappa shape index (κ1) is 18.5. The van der Waals surface area contributed by atoms with Gasteiger partial charge in [0.1, 0.15) is 12.4 Å². The largest absolute Gasteiger partial charge is 0.491 e. The van der Waals surface area contributed by atoms with Crippen LogP contribution in [0.15, 0.2) is 30.5 Å². The lowest BCUT2D eigenvalue weighted by Crippen LogP contribution is -2.38. The normalized spacial score (nSPS) is 19.5. The van der Waals surface area contributed by atoms with E-state index in [2.05, 4.69) is 17.3 Å². The molecule has 26 heavy (non-hydrogen) atoms. The molecular formula is C20H28N4O2. The number of likely N-dealkylation sites (N-methyl/N-ethyl adjacent to an activating group) is 1. The van der Waals surface area contributed by atoms with E-state index in [9.17, 15) is 4.79 Å². The van der Waals surface area contributed by atoms with Crippen LogP contribution in [0.25, 0.3) is 0 Å². The Morgan fingerprint density at radius 3 is 2.81 bits per heavy atom. The summed E-state index contributed by atoms with van der Waals surface area (Å²) in [5.41, 5.74) is 3.40. The average Bonchev–Trinajstić information content (AvgIpc) is 3.23. The molecule has 1 N–H and O–H groups in total. The maximum atomic E-state index is 13.0. The number of para-hydroxylation sites is 1. The molecular weight excluding hydrogens is 328 g/mol. The zero-order chi connectivity index (χ0) is 18.7. The third kappa shape index (κ3) is 3.75. The highest BCUT2D eigenvalue weighted by Gasteiger charge is 2.37. The highest BCUT2D eigenvalue weighted by atomic mass is 16.5. The van der Waals surface area contributed by atoms with Crippen molar-refractivity contribution in [1.29, 1.82) is 0 Å². The molecule has 1 aliphatic heterocycles. The van der Waals surface area contributed by atoms with Gasteiger partial charge in [0, 0.05) is 38.8 Å². The molecule has 0 unspecified atom stereocenters. The first-order valence-corrected chi connectivity index (χ1v) is 9.11. The van der Waals surface area contributed by atoms with E-state index < -0.39 is 0 Å². The summed E-state index contributed by atoms with van der Waals surface area (Å²) in [4.78, 5) is 14.7. The van der Waals surface area contributed by atoms with Gasteiger partial charge in [-0.1, -0.05) is 18.2 Å². The van der Waals surface area contributed by atoms with Crippen LogP contribution in [0.1, 0.15) is 22.7 Å². The summed E-state index contributed by atoms with van der Waals surface area (Å²) in [7, 11) is 3.79. The van der Waals surface area contributed by atoms with E-state index in [1.807, 2.05) is 56.2 Å². The fourth-order valence-corrected chi connectivity index (χ4v) is 3.55. The van der Waals surface area contributed by atoms with Crippen LogP contribution in [0, 0.1) is 19.8 Å². The summed E-state index contributed by atoms with van der Waals surface area (Å²) in [5, 5.41) is 7.70. The van der Waals surface area contributed by atoms with Gasteiger partial charge < -0.3 is 15.0 Å². The van der Waals surface area contributed by atoms with Crippen LogP contribution < -0.4 is 10.1 Å². The molecule has 1 saturated heterocycles. The third-order valence-corrected chi connectivity index (χ3v) is 5.36. The van der Waals surface area contributed by atoms with Gasteiger partial charge in [0.15, 0.2) is 0 Å². The van der Waals surface area contributed by atoms with Crippen molar-refractivity contribution in [1.82, 2.24) is 20.0 Å². The lowest BCUT2D eigenvalue weighted by Gasteiger charge is -2.24. The Labute approximate surface area is 155 Å². The minimum Gasteiger partial charge on any atom is -0.491 e. The molecule has 1 aliphatic rings. The Kier molecular flexibility index (Phi) is 5.61. The molecule has 0 saturated carbocycles. The van der Waals surface area contributed by atoms with Gasteiger partial charge in [-0.3, -0.25) is 9.48 Å². The van der Waals surface area contributed by atoms with Crippen LogP contribution in [-0.4, -0.2) is 53.9 Å². The fraction of sp³-hybridized carbons (Fsp3) is 0.500. The number of aryl methyl sites for hydroxylation is 2. The number of benzene rings is 1. The molecule has 0 bridgehead atoms. The van der Waals surface area contributed by atoms with Gasteiger partial charge in [0.2, 0.25) is 5.91 Å². The van der Waals surface area contributed by atoms with Crippen LogP contribution in [0.2, 0.25) is 0 Å². The van der Waals surface area contributed by atoms with E-state index in [1.54, 1.807) is 4.90 Å². The summed E-state index contributed by atoms with van der Waals surface area (Å²) in [6, 6.07) is 7.93. The van der Waals surface area contributed by atoms with Gasteiger partial charge >= 0.3 is 0 Å². The van der Waals surface area contributed by atoms with Gasteiger partial charge in [-0.05, 0) is 31.0 Å². The molecule has 140 valence electrons. The van der Waals surface area contributed by atoms with E-state index in [0.29, 0.717) is 19.7 Å². The molecule has 2 aromatic rings. The zero-order valence-electron chi connectivity index (χ0n) is 16.0. The number of carbonyl (C=O) groups is 1. The minimum atomic E-state index is -0.0543. The number of amides is 1. The van der Waals surface area contributed by atoms with Crippen molar-refractivity contribution in [2.45, 2.75) is 19.8 Å². The molecule has 1 aromatic heterocycles. The van der Waals surface area contributed by atoms with Crippen molar-refractivity contribution in [3.63, 3.8) is 0 Å². The number of rotatable bonds is 6. The molecule has 6 nitrogen and oxygen atoms in total. The predicted octanol–water partition coefficient (Wildman–Crippen LogP) is 1.88. The second kappa shape index (κ2) is 7.91. The smallest absolute Gasteiger partial charge is 0.227 e. The molecule has 1 fully saturated rings. The second-order valence-corrected chi connectivity index (χ2v) is 7.05. The van der Waals surface area contributed by atoms with E-state index in [4.69, 9.17) is 4.74 Å². The Morgan fingerprint density at radius 1 is 1.35 bits per heavy atom. The maximum Gasteiger partial charge on any atom is 0.227 e. The molecule has 0 spiro atoms. The number of nitrogens with one attached hydrogen (secondary N) is 1. The van der Waals surface area contributed by atoms with Gasteiger partial charge in [-0.2, -0.15) is 5.10 Å². The van der Waals surface area contributed by atoms with Gasteiger partial charge in [-0.25, -0.2) is 0 Å². The highest BCUT2D eigenvalue weighted by molar-refractivity contribution is 5.80. The van der Waals surface area contributed by atoms with Crippen molar-refractivity contribution >= 4 is 5.91 Å². The molecule has 2 atom stereocenters. The van der Waals surface area contributed by atoms with Crippen molar-refractivity contribution < 1.29 is 9.53 Å². The Bertz CT molecular complexity index is 771. The Balaban J connectivity index is 1.59. The van der Waals surface area contributed by atoms with Crippen LogP contribution in [0.4, 0.5) is 0 Å². The van der Waals surface area contributed by atoms with Crippen LogP contribution >= 0.6 is 0 Å². The number of nitrogens with zero attached hydrogens (tertiary/aromatic N) is 3. The van der Waals surface area contributed by atoms with Crippen molar-refractivity contribution in [2.24, 2.45) is 13.0 Å². The second-order valence-electron chi connectivity index (χ2n) is 7.05. The number of hydrogen-bond acceptors (Lipinski definition) is 4. The van der Waals surface area contributed by atoms with Gasteiger partial charge in [0.05, 0.1) is 18.7 Å². The number of carbonyl (C=O) groups excluding carboxylic acids is 1. The van der Waals surface area contributed by atoms with Crippen LogP contribution in [0.3, 0.4) is 0 Å². The third-order valence-electron chi connectivity index (χ3n) is 5.36. The minimum absolute atomic E-state index is 0.0543. The van der Waals surface area contributed by atoms with Crippen molar-refractivity contribution in [3.8, 4) is 5.75 Å².